The molecule has 4 aliphatic rings. The molecule has 10 nitrogen and oxygen atoms in total. The van der Waals surface area contributed by atoms with Crippen LogP contribution in [-0.4, -0.2) is 47.6 Å². The number of H-pyrrole nitrogens is 1. The van der Waals surface area contributed by atoms with E-state index in [0.717, 1.165) is 48.6 Å². The van der Waals surface area contributed by atoms with E-state index in [2.05, 4.69) is 20.9 Å². The molecule has 1 aromatic heterocycles. The van der Waals surface area contributed by atoms with Crippen molar-refractivity contribution in [2.45, 2.75) is 76.2 Å². The van der Waals surface area contributed by atoms with Gasteiger partial charge in [-0.3, -0.25) is 14.4 Å². The maximum absolute atomic E-state index is 14.2. The van der Waals surface area contributed by atoms with E-state index in [4.69, 9.17) is 9.47 Å². The highest BCUT2D eigenvalue weighted by Crippen LogP contribution is 2.54. The maximum atomic E-state index is 14.2. The fourth-order valence-electron chi connectivity index (χ4n) is 8.67. The topological polar surface area (TPSA) is 139 Å². The number of nitrogens with one attached hydrogen (secondary N) is 4. The highest BCUT2D eigenvalue weighted by atomic mass is 19.1. The molecule has 4 aromatic rings. The lowest BCUT2D eigenvalue weighted by Gasteiger charge is -2.53. The van der Waals surface area contributed by atoms with Gasteiger partial charge in [0.05, 0.1) is 12.5 Å². The molecule has 4 N–H and O–H groups in total. The number of aromatic nitrogens is 1. The molecule has 11 heteroatoms. The van der Waals surface area contributed by atoms with Crippen LogP contribution >= 0.6 is 0 Å². The Kier molecular flexibility index (Phi) is 10.8. The van der Waals surface area contributed by atoms with Crippen molar-refractivity contribution >= 4 is 34.8 Å². The number of hydrogen-bond acceptors (Lipinski definition) is 6. The SMILES string of the molecule is O=C(CCC(=O)OCc1ccccc1)N[C@@H](CNC(=O)C(Cc1c[nH]c2ccc(F)cc12)NC(=O)OC1C2CC3CC(C2)CC1C3)c1ccccc1. The van der Waals surface area contributed by atoms with E-state index in [-0.39, 0.29) is 44.4 Å². The number of amides is 3. The summed E-state index contributed by atoms with van der Waals surface area (Å²) >= 11 is 0. The quantitative estimate of drug-likeness (QED) is 0.114. The molecule has 4 aliphatic carbocycles. The van der Waals surface area contributed by atoms with Gasteiger partial charge in [0.15, 0.2) is 0 Å². The van der Waals surface area contributed by atoms with Crippen LogP contribution in [0.4, 0.5) is 9.18 Å². The summed E-state index contributed by atoms with van der Waals surface area (Å²) in [5.41, 5.74) is 2.98. The lowest BCUT2D eigenvalue weighted by Crippen LogP contribution is -2.53. The zero-order valence-corrected chi connectivity index (χ0v) is 29.0. The van der Waals surface area contributed by atoms with Crippen molar-refractivity contribution in [3.63, 3.8) is 0 Å². The average molecular weight is 709 g/mol. The Labute approximate surface area is 302 Å². The molecule has 3 aromatic carbocycles. The van der Waals surface area contributed by atoms with Gasteiger partial charge in [-0.15, -0.1) is 0 Å². The van der Waals surface area contributed by atoms with Crippen LogP contribution in [0.5, 0.6) is 0 Å². The van der Waals surface area contributed by atoms with Crippen molar-refractivity contribution in [3.05, 3.63) is 108 Å². The van der Waals surface area contributed by atoms with E-state index < -0.39 is 35.9 Å². The minimum atomic E-state index is -1.04. The highest BCUT2D eigenvalue weighted by Gasteiger charge is 2.50. The Morgan fingerprint density at radius 2 is 1.52 bits per heavy atom. The summed E-state index contributed by atoms with van der Waals surface area (Å²) in [7, 11) is 0. The number of esters is 1. The molecule has 1 unspecified atom stereocenters. The second kappa shape index (κ2) is 16.0. The number of carbonyl (C=O) groups is 4. The van der Waals surface area contributed by atoms with Crippen LogP contribution in [-0.2, 0) is 36.9 Å². The number of aromatic amines is 1. The Hall–Kier alpha value is -5.19. The van der Waals surface area contributed by atoms with E-state index in [1.165, 1.54) is 18.6 Å². The molecule has 4 saturated carbocycles. The van der Waals surface area contributed by atoms with Gasteiger partial charge in [0.2, 0.25) is 11.8 Å². The number of rotatable bonds is 14. The predicted molar refractivity (Wildman–Crippen MR) is 192 cm³/mol. The van der Waals surface area contributed by atoms with Gasteiger partial charge >= 0.3 is 12.1 Å². The molecule has 52 heavy (non-hydrogen) atoms. The van der Waals surface area contributed by atoms with Gasteiger partial charge < -0.3 is 30.4 Å². The zero-order chi connectivity index (χ0) is 36.0. The van der Waals surface area contributed by atoms with Crippen molar-refractivity contribution in [1.82, 2.24) is 20.9 Å². The first-order valence-electron chi connectivity index (χ1n) is 18.3. The molecular weight excluding hydrogens is 663 g/mol. The highest BCUT2D eigenvalue weighted by molar-refractivity contribution is 5.88. The fourth-order valence-corrected chi connectivity index (χ4v) is 8.67. The largest absolute Gasteiger partial charge is 0.461 e. The van der Waals surface area contributed by atoms with E-state index in [1.807, 2.05) is 60.7 Å². The number of ether oxygens (including phenoxy) is 2. The molecule has 0 radical (unpaired) electrons. The molecule has 0 aliphatic heterocycles. The van der Waals surface area contributed by atoms with E-state index >= 15 is 0 Å². The van der Waals surface area contributed by atoms with Gasteiger partial charge in [-0.2, -0.15) is 0 Å². The Morgan fingerprint density at radius 3 is 2.23 bits per heavy atom. The maximum Gasteiger partial charge on any atom is 0.408 e. The minimum Gasteiger partial charge on any atom is -0.461 e. The first-order valence-corrected chi connectivity index (χ1v) is 18.3. The minimum absolute atomic E-state index is 0.0122. The van der Waals surface area contributed by atoms with Gasteiger partial charge in [-0.05, 0) is 90.7 Å². The number of fused-ring (bicyclic) bond motifs is 1. The van der Waals surface area contributed by atoms with Gasteiger partial charge in [-0.25, -0.2) is 9.18 Å². The smallest absolute Gasteiger partial charge is 0.408 e. The monoisotopic (exact) mass is 708 g/mol. The standard InChI is InChI=1S/C41H45FN4O6/c42-32-11-12-34-33(21-32)31(22-43-34)20-35(46-41(50)52-39-29-16-26-15-27(18-29)19-30(39)17-26)40(49)44-23-36(28-9-5-2-6-10-28)45-37(47)13-14-38(48)51-24-25-7-3-1-4-8-25/h1-12,21-22,26-27,29-30,35-36,39,43H,13-20,23-24H2,(H,44,49)(H,45,47)(H,46,50)/t26?,27?,29?,30?,35?,36-,39?/m0/s1. The summed E-state index contributed by atoms with van der Waals surface area (Å²) in [5.74, 6) is 0.390. The molecule has 4 fully saturated rings. The fraction of sp³-hybridized carbons (Fsp3) is 0.415. The van der Waals surface area contributed by atoms with E-state index in [1.54, 1.807) is 12.3 Å². The second-order valence-corrected chi connectivity index (χ2v) is 14.6. The number of halogens is 1. The van der Waals surface area contributed by atoms with Crippen LogP contribution in [0.15, 0.2) is 85.1 Å². The van der Waals surface area contributed by atoms with Gasteiger partial charge in [0.25, 0.3) is 0 Å². The van der Waals surface area contributed by atoms with E-state index in [9.17, 15) is 23.6 Å². The third-order valence-electron chi connectivity index (χ3n) is 11.0. The molecule has 4 bridgehead atoms. The van der Waals surface area contributed by atoms with Gasteiger partial charge in [0, 0.05) is 36.5 Å². The summed E-state index contributed by atoms with van der Waals surface area (Å²) in [6, 6.07) is 21.2. The van der Waals surface area contributed by atoms with Crippen molar-refractivity contribution < 1.29 is 33.0 Å². The van der Waals surface area contributed by atoms with Crippen LogP contribution in [0.1, 0.15) is 67.7 Å². The number of carbonyl (C=O) groups excluding carboxylic acids is 4. The number of alkyl carbamates (subject to hydrolysis) is 1. The lowest BCUT2D eigenvalue weighted by molar-refractivity contribution is -0.146. The van der Waals surface area contributed by atoms with Gasteiger partial charge in [-0.1, -0.05) is 60.7 Å². The Balaban J connectivity index is 1.00. The third-order valence-corrected chi connectivity index (χ3v) is 11.0. The van der Waals surface area contributed by atoms with Crippen molar-refractivity contribution in [3.8, 4) is 0 Å². The normalized spacial score (nSPS) is 22.7. The number of benzene rings is 3. The van der Waals surface area contributed by atoms with Crippen LogP contribution in [0, 0.1) is 29.5 Å². The van der Waals surface area contributed by atoms with Crippen LogP contribution in [0.25, 0.3) is 10.9 Å². The molecule has 0 saturated heterocycles. The van der Waals surface area contributed by atoms with Crippen LogP contribution in [0.3, 0.4) is 0 Å². The molecule has 3 amide bonds. The summed E-state index contributed by atoms with van der Waals surface area (Å²) in [5, 5.41) is 9.31. The first kappa shape index (κ1) is 35.2. The lowest BCUT2D eigenvalue weighted by atomic mass is 9.55. The Bertz CT molecular complexity index is 1850. The second-order valence-electron chi connectivity index (χ2n) is 14.6. The molecule has 0 spiro atoms. The Morgan fingerprint density at radius 1 is 0.827 bits per heavy atom. The molecule has 8 rings (SSSR count). The molecule has 1 heterocycles. The van der Waals surface area contributed by atoms with Crippen molar-refractivity contribution in [2.75, 3.05) is 6.54 Å². The van der Waals surface area contributed by atoms with Crippen molar-refractivity contribution in [1.29, 1.82) is 0 Å². The van der Waals surface area contributed by atoms with Gasteiger partial charge in [0.1, 0.15) is 24.6 Å². The molecule has 272 valence electrons. The first-order chi connectivity index (χ1) is 25.3. The predicted octanol–water partition coefficient (Wildman–Crippen LogP) is 6.27. The molecule has 2 atom stereocenters. The summed E-state index contributed by atoms with van der Waals surface area (Å²) in [4.78, 5) is 55.9. The van der Waals surface area contributed by atoms with Crippen LogP contribution < -0.4 is 16.0 Å². The van der Waals surface area contributed by atoms with E-state index in [0.29, 0.717) is 28.3 Å². The summed E-state index contributed by atoms with van der Waals surface area (Å²) < 4.78 is 25.6. The van der Waals surface area contributed by atoms with Crippen LogP contribution in [0.2, 0.25) is 0 Å². The summed E-state index contributed by atoms with van der Waals surface area (Å²) in [6.07, 6.45) is 6.40. The third kappa shape index (κ3) is 8.63. The summed E-state index contributed by atoms with van der Waals surface area (Å²) in [6.45, 7) is 0.136. The van der Waals surface area contributed by atoms with Crippen molar-refractivity contribution in [2.24, 2.45) is 23.7 Å². The molecular formula is C41H45FN4O6. The number of hydrogen-bond donors (Lipinski definition) is 4. The zero-order valence-electron chi connectivity index (χ0n) is 29.0. The average Bonchev–Trinajstić information content (AvgIpc) is 3.54.